The second-order valence-electron chi connectivity index (χ2n) is 6.56. The number of hydrogen-bond donors (Lipinski definition) is 3. The third-order valence-corrected chi connectivity index (χ3v) is 4.79. The van der Waals surface area contributed by atoms with E-state index in [2.05, 4.69) is 17.2 Å². The monoisotopic (exact) mass is 418 g/mol. The van der Waals surface area contributed by atoms with Crippen LogP contribution in [0.3, 0.4) is 0 Å². The van der Waals surface area contributed by atoms with Crippen LogP contribution < -0.4 is 5.32 Å². The number of carbonyl (C=O) groups excluding carboxylic acids is 1. The Kier molecular flexibility index (Phi) is 8.56. The third-order valence-electron chi connectivity index (χ3n) is 4.20. The molecule has 0 fully saturated rings. The van der Waals surface area contributed by atoms with Gasteiger partial charge in [-0.2, -0.15) is 0 Å². The van der Waals surface area contributed by atoms with Crippen LogP contribution in [0, 0.1) is 17.7 Å². The lowest BCUT2D eigenvalue weighted by Gasteiger charge is -2.24. The standard InChI is InChI=1S/C21H24FN2O4P/c1-24(15-14-17-8-3-2-4-9-17)21(25)20(23-16-29(26,27)28)13-7-11-18-10-5-6-12-19(18)22/h2-6,8-10,12,20,23H,13-16H2,1H3,(H2,26,27,28)/t20-/m0/s1. The van der Waals surface area contributed by atoms with Gasteiger partial charge in [0, 0.05) is 20.0 Å². The maximum Gasteiger partial charge on any atom is 0.339 e. The summed E-state index contributed by atoms with van der Waals surface area (Å²) >= 11 is 0. The van der Waals surface area contributed by atoms with Crippen LogP contribution >= 0.6 is 7.60 Å². The first-order valence-corrected chi connectivity index (χ1v) is 10.9. The first kappa shape index (κ1) is 22.8. The Morgan fingerprint density at radius 2 is 1.83 bits per heavy atom. The van der Waals surface area contributed by atoms with Crippen molar-refractivity contribution in [1.29, 1.82) is 0 Å². The summed E-state index contributed by atoms with van der Waals surface area (Å²) in [4.78, 5) is 32.5. The van der Waals surface area contributed by atoms with Crippen LogP contribution in [0.2, 0.25) is 0 Å². The topological polar surface area (TPSA) is 89.9 Å². The molecule has 0 bridgehead atoms. The van der Waals surface area contributed by atoms with E-state index in [1.165, 1.54) is 17.0 Å². The Labute approximate surface area is 169 Å². The van der Waals surface area contributed by atoms with Crippen molar-refractivity contribution in [1.82, 2.24) is 10.2 Å². The second kappa shape index (κ2) is 10.9. The van der Waals surface area contributed by atoms with Crippen LogP contribution in [0.5, 0.6) is 0 Å². The van der Waals surface area contributed by atoms with Gasteiger partial charge in [0.2, 0.25) is 5.91 Å². The minimum atomic E-state index is -4.34. The molecule has 3 N–H and O–H groups in total. The van der Waals surface area contributed by atoms with Crippen molar-refractivity contribution in [3.63, 3.8) is 0 Å². The molecule has 2 aromatic rings. The Bertz CT molecular complexity index is 921. The summed E-state index contributed by atoms with van der Waals surface area (Å²) in [6.07, 6.45) is -0.00461. The van der Waals surface area contributed by atoms with Crippen molar-refractivity contribution >= 4 is 13.5 Å². The van der Waals surface area contributed by atoms with Crippen LogP contribution in [0.1, 0.15) is 17.5 Å². The Balaban J connectivity index is 2.04. The molecule has 0 unspecified atom stereocenters. The maximum atomic E-state index is 13.7. The molecule has 0 aliphatic rings. The number of likely N-dealkylation sites (N-methyl/N-ethyl adjacent to an activating group) is 1. The summed E-state index contributed by atoms with van der Waals surface area (Å²) in [6.45, 7) is 0.442. The molecular weight excluding hydrogens is 394 g/mol. The van der Waals surface area contributed by atoms with E-state index in [1.54, 1.807) is 19.2 Å². The van der Waals surface area contributed by atoms with E-state index in [4.69, 9.17) is 9.79 Å². The highest BCUT2D eigenvalue weighted by atomic mass is 31.2. The molecule has 1 atom stereocenters. The number of carbonyl (C=O) groups is 1. The van der Waals surface area contributed by atoms with Gasteiger partial charge in [0.1, 0.15) is 5.82 Å². The average Bonchev–Trinajstić information content (AvgIpc) is 2.69. The van der Waals surface area contributed by atoms with Gasteiger partial charge in [-0.15, -0.1) is 0 Å². The van der Waals surface area contributed by atoms with E-state index in [0.717, 1.165) is 5.56 Å². The summed E-state index contributed by atoms with van der Waals surface area (Å²) in [7, 11) is -2.71. The Hall–Kier alpha value is -2.49. The third kappa shape index (κ3) is 8.18. The molecule has 0 aliphatic heterocycles. The molecule has 154 valence electrons. The zero-order chi connectivity index (χ0) is 21.3. The molecular formula is C21H24FN2O4P. The summed E-state index contributed by atoms with van der Waals surface area (Å²) in [5.74, 6) is 4.60. The van der Waals surface area contributed by atoms with Gasteiger partial charge in [0.15, 0.2) is 0 Å². The fourth-order valence-electron chi connectivity index (χ4n) is 2.60. The summed E-state index contributed by atoms with van der Waals surface area (Å²) < 4.78 is 24.9. The summed E-state index contributed by atoms with van der Waals surface area (Å²) in [5.41, 5.74) is 1.28. The molecule has 0 saturated carbocycles. The first-order chi connectivity index (χ1) is 13.8. The zero-order valence-corrected chi connectivity index (χ0v) is 17.0. The van der Waals surface area contributed by atoms with Crippen LogP contribution in [-0.2, 0) is 15.8 Å². The predicted octanol–water partition coefficient (Wildman–Crippen LogP) is 2.36. The first-order valence-electron chi connectivity index (χ1n) is 9.06. The van der Waals surface area contributed by atoms with Gasteiger partial charge in [0.25, 0.3) is 0 Å². The van der Waals surface area contributed by atoms with Gasteiger partial charge in [-0.25, -0.2) is 4.39 Å². The molecule has 29 heavy (non-hydrogen) atoms. The quantitative estimate of drug-likeness (QED) is 0.452. The lowest BCUT2D eigenvalue weighted by molar-refractivity contribution is -0.131. The van der Waals surface area contributed by atoms with Crippen molar-refractivity contribution in [2.45, 2.75) is 18.9 Å². The van der Waals surface area contributed by atoms with Gasteiger partial charge in [-0.1, -0.05) is 54.3 Å². The Morgan fingerprint density at radius 1 is 1.17 bits per heavy atom. The number of halogens is 1. The molecule has 8 heteroatoms. The number of hydrogen-bond acceptors (Lipinski definition) is 3. The molecule has 0 aliphatic carbocycles. The highest BCUT2D eigenvalue weighted by Gasteiger charge is 2.24. The molecule has 2 rings (SSSR count). The van der Waals surface area contributed by atoms with Crippen molar-refractivity contribution in [3.8, 4) is 11.8 Å². The lowest BCUT2D eigenvalue weighted by Crippen LogP contribution is -2.45. The second-order valence-corrected chi connectivity index (χ2v) is 8.21. The minimum Gasteiger partial charge on any atom is -0.344 e. The highest BCUT2D eigenvalue weighted by Crippen LogP contribution is 2.32. The van der Waals surface area contributed by atoms with Crippen LogP contribution in [0.15, 0.2) is 54.6 Å². The van der Waals surface area contributed by atoms with Crippen molar-refractivity contribution in [3.05, 3.63) is 71.5 Å². The van der Waals surface area contributed by atoms with E-state index >= 15 is 0 Å². The molecule has 0 aromatic heterocycles. The van der Waals surface area contributed by atoms with Gasteiger partial charge < -0.3 is 14.7 Å². The summed E-state index contributed by atoms with van der Waals surface area (Å²) in [6, 6.07) is 14.8. The molecule has 0 radical (unpaired) electrons. The number of rotatable bonds is 8. The minimum absolute atomic E-state index is 0.0111. The van der Waals surface area contributed by atoms with E-state index in [-0.39, 0.29) is 17.9 Å². The molecule has 6 nitrogen and oxygen atoms in total. The van der Waals surface area contributed by atoms with Gasteiger partial charge >= 0.3 is 7.60 Å². The van der Waals surface area contributed by atoms with Crippen molar-refractivity contribution in [2.75, 3.05) is 19.9 Å². The number of amides is 1. The van der Waals surface area contributed by atoms with Gasteiger partial charge in [-0.3, -0.25) is 14.7 Å². The maximum absolute atomic E-state index is 13.7. The molecule has 0 heterocycles. The smallest absolute Gasteiger partial charge is 0.339 e. The zero-order valence-electron chi connectivity index (χ0n) is 16.1. The number of nitrogens with one attached hydrogen (secondary N) is 1. The number of nitrogens with zero attached hydrogens (tertiary/aromatic N) is 1. The molecule has 0 saturated heterocycles. The SMILES string of the molecule is CN(CCc1ccccc1)C(=O)[C@H](CC#Cc1ccccc1F)NCP(=O)(O)O. The van der Waals surface area contributed by atoms with Crippen LogP contribution in [0.25, 0.3) is 0 Å². The van der Waals surface area contributed by atoms with Crippen molar-refractivity contribution in [2.24, 2.45) is 0 Å². The largest absolute Gasteiger partial charge is 0.344 e. The van der Waals surface area contributed by atoms with Crippen LogP contribution in [-0.4, -0.2) is 46.5 Å². The van der Waals surface area contributed by atoms with Gasteiger partial charge in [-0.05, 0) is 24.1 Å². The number of benzene rings is 2. The van der Waals surface area contributed by atoms with Crippen molar-refractivity contribution < 1.29 is 23.5 Å². The van der Waals surface area contributed by atoms with Crippen LogP contribution in [0.4, 0.5) is 4.39 Å². The van der Waals surface area contributed by atoms with E-state index in [0.29, 0.717) is 13.0 Å². The predicted molar refractivity (Wildman–Crippen MR) is 110 cm³/mol. The fourth-order valence-corrected chi connectivity index (χ4v) is 3.06. The highest BCUT2D eigenvalue weighted by molar-refractivity contribution is 7.51. The van der Waals surface area contributed by atoms with Gasteiger partial charge in [0.05, 0.1) is 17.9 Å². The lowest BCUT2D eigenvalue weighted by atomic mass is 10.1. The molecule has 1 amide bonds. The average molecular weight is 418 g/mol. The summed E-state index contributed by atoms with van der Waals surface area (Å²) in [5, 5.41) is 2.59. The van der Waals surface area contributed by atoms with E-state index < -0.39 is 25.7 Å². The van der Waals surface area contributed by atoms with E-state index in [1.807, 2.05) is 30.3 Å². The van der Waals surface area contributed by atoms with E-state index in [9.17, 15) is 13.8 Å². The normalized spacial score (nSPS) is 12.0. The molecule has 2 aromatic carbocycles. The molecule has 0 spiro atoms. The Morgan fingerprint density at radius 3 is 2.48 bits per heavy atom. The fraction of sp³-hybridized carbons (Fsp3) is 0.286.